The van der Waals surface area contributed by atoms with Gasteiger partial charge in [0.15, 0.2) is 0 Å². The summed E-state index contributed by atoms with van der Waals surface area (Å²) in [6, 6.07) is 0. The van der Waals surface area contributed by atoms with Crippen LogP contribution in [0.5, 0.6) is 0 Å². The van der Waals surface area contributed by atoms with Gasteiger partial charge in [0.2, 0.25) is 0 Å². The van der Waals surface area contributed by atoms with Crippen LogP contribution in [0, 0.1) is 0 Å². The van der Waals surface area contributed by atoms with E-state index in [4.69, 9.17) is 5.11 Å². The summed E-state index contributed by atoms with van der Waals surface area (Å²) >= 11 is 0. The zero-order chi connectivity index (χ0) is 12.7. The van der Waals surface area contributed by atoms with Gasteiger partial charge in [0.1, 0.15) is 0 Å². The average molecular weight is 228 g/mol. The first-order valence-electron chi connectivity index (χ1n) is 4.77. The Morgan fingerprint density at radius 1 is 1.38 bits per heavy atom. The van der Waals surface area contributed by atoms with Gasteiger partial charge in [-0.1, -0.05) is 6.58 Å². The minimum atomic E-state index is -0.933. The van der Waals surface area contributed by atoms with E-state index in [0.717, 1.165) is 0 Å². The van der Waals surface area contributed by atoms with Crippen LogP contribution in [0.15, 0.2) is 23.8 Å². The van der Waals surface area contributed by atoms with E-state index in [1.807, 2.05) is 0 Å². The van der Waals surface area contributed by atoms with Gasteiger partial charge in [0.05, 0.1) is 6.10 Å². The third-order valence-corrected chi connectivity index (χ3v) is 1.72. The zero-order valence-electron chi connectivity index (χ0n) is 9.40. The first-order chi connectivity index (χ1) is 7.38. The Labute approximate surface area is 94.0 Å². The molecule has 0 aliphatic carbocycles. The van der Waals surface area contributed by atoms with Crippen molar-refractivity contribution in [1.82, 2.24) is 0 Å². The second-order valence-electron chi connectivity index (χ2n) is 3.39. The summed E-state index contributed by atoms with van der Waals surface area (Å²) in [5, 5.41) is 17.8. The number of ether oxygens (including phenoxy) is 1. The Hall–Kier alpha value is -1.46. The summed E-state index contributed by atoms with van der Waals surface area (Å²) in [6.45, 7) is 5.98. The van der Waals surface area contributed by atoms with Crippen LogP contribution < -0.4 is 0 Å². The van der Waals surface area contributed by atoms with Crippen molar-refractivity contribution in [2.75, 3.05) is 6.61 Å². The SMILES string of the molecule is C=C(C)C(=O)OC(=O)C(C)=CC(O)CCO. The molecule has 0 radical (unpaired) electrons. The fourth-order valence-corrected chi connectivity index (χ4v) is 0.824. The van der Waals surface area contributed by atoms with Crippen molar-refractivity contribution in [1.29, 1.82) is 0 Å². The van der Waals surface area contributed by atoms with Gasteiger partial charge < -0.3 is 14.9 Å². The molecule has 90 valence electrons. The van der Waals surface area contributed by atoms with Crippen LogP contribution in [0.25, 0.3) is 0 Å². The molecule has 5 nitrogen and oxygen atoms in total. The third-order valence-electron chi connectivity index (χ3n) is 1.72. The average Bonchev–Trinajstić information content (AvgIpc) is 2.17. The van der Waals surface area contributed by atoms with Crippen molar-refractivity contribution in [3.05, 3.63) is 23.8 Å². The largest absolute Gasteiger partial charge is 0.396 e. The molecule has 0 aliphatic heterocycles. The fourth-order valence-electron chi connectivity index (χ4n) is 0.824. The smallest absolute Gasteiger partial charge is 0.341 e. The van der Waals surface area contributed by atoms with Crippen LogP contribution in [-0.4, -0.2) is 34.9 Å². The van der Waals surface area contributed by atoms with Crippen LogP contribution >= 0.6 is 0 Å². The van der Waals surface area contributed by atoms with Crippen LogP contribution in [0.2, 0.25) is 0 Å². The number of aliphatic hydroxyl groups is 2. The number of carbonyl (C=O) groups excluding carboxylic acids is 2. The molecule has 16 heavy (non-hydrogen) atoms. The van der Waals surface area contributed by atoms with Crippen molar-refractivity contribution in [2.24, 2.45) is 0 Å². The topological polar surface area (TPSA) is 83.8 Å². The maximum absolute atomic E-state index is 11.3. The van der Waals surface area contributed by atoms with Crippen LogP contribution in [0.1, 0.15) is 20.3 Å². The van der Waals surface area contributed by atoms with Gasteiger partial charge in [-0.2, -0.15) is 0 Å². The second kappa shape index (κ2) is 6.92. The van der Waals surface area contributed by atoms with E-state index in [9.17, 15) is 14.7 Å². The summed E-state index contributed by atoms with van der Waals surface area (Å²) in [4.78, 5) is 22.3. The molecule has 5 heteroatoms. The first-order valence-corrected chi connectivity index (χ1v) is 4.77. The Morgan fingerprint density at radius 2 is 1.94 bits per heavy atom. The molecule has 0 aromatic carbocycles. The minimum absolute atomic E-state index is 0.107. The number of hydrogen-bond acceptors (Lipinski definition) is 5. The molecule has 0 bridgehead atoms. The Bertz CT molecular complexity index is 316. The van der Waals surface area contributed by atoms with Crippen molar-refractivity contribution >= 4 is 11.9 Å². The Balaban J connectivity index is 4.38. The molecule has 0 saturated carbocycles. The van der Waals surface area contributed by atoms with Crippen LogP contribution in [0.4, 0.5) is 0 Å². The Morgan fingerprint density at radius 3 is 2.38 bits per heavy atom. The van der Waals surface area contributed by atoms with Gasteiger partial charge in [-0.05, 0) is 19.9 Å². The van der Waals surface area contributed by atoms with Gasteiger partial charge in [-0.3, -0.25) is 0 Å². The van der Waals surface area contributed by atoms with Gasteiger partial charge in [-0.25, -0.2) is 9.59 Å². The summed E-state index contributed by atoms with van der Waals surface area (Å²) < 4.78 is 4.43. The van der Waals surface area contributed by atoms with Crippen LogP contribution in [-0.2, 0) is 14.3 Å². The maximum atomic E-state index is 11.3. The van der Waals surface area contributed by atoms with Gasteiger partial charge in [0, 0.05) is 24.2 Å². The van der Waals surface area contributed by atoms with Gasteiger partial charge in [-0.15, -0.1) is 0 Å². The highest BCUT2D eigenvalue weighted by Gasteiger charge is 2.13. The van der Waals surface area contributed by atoms with E-state index < -0.39 is 18.0 Å². The van der Waals surface area contributed by atoms with Gasteiger partial charge >= 0.3 is 11.9 Å². The summed E-state index contributed by atoms with van der Waals surface area (Å²) in [5.74, 6) is -1.63. The number of hydrogen-bond donors (Lipinski definition) is 2. The number of aliphatic hydroxyl groups excluding tert-OH is 2. The molecule has 0 spiro atoms. The highest BCUT2D eigenvalue weighted by Crippen LogP contribution is 2.04. The summed E-state index contributed by atoms with van der Waals surface area (Å²) in [7, 11) is 0. The van der Waals surface area contributed by atoms with E-state index in [-0.39, 0.29) is 24.2 Å². The van der Waals surface area contributed by atoms with Crippen molar-refractivity contribution < 1.29 is 24.5 Å². The molecule has 0 heterocycles. The van der Waals surface area contributed by atoms with E-state index >= 15 is 0 Å². The number of esters is 2. The summed E-state index contributed by atoms with van der Waals surface area (Å²) in [6.07, 6.45) is 0.418. The van der Waals surface area contributed by atoms with Gasteiger partial charge in [0.25, 0.3) is 0 Å². The quantitative estimate of drug-likeness (QED) is 0.402. The molecule has 1 atom stereocenters. The third kappa shape index (κ3) is 5.43. The van der Waals surface area contributed by atoms with E-state index in [0.29, 0.717) is 0 Å². The lowest BCUT2D eigenvalue weighted by Gasteiger charge is -2.05. The lowest BCUT2D eigenvalue weighted by Crippen LogP contribution is -2.15. The summed E-state index contributed by atoms with van der Waals surface area (Å²) in [5.41, 5.74) is 0.229. The molecule has 0 aromatic heterocycles. The van der Waals surface area contributed by atoms with Crippen molar-refractivity contribution in [3.63, 3.8) is 0 Å². The Kier molecular flexibility index (Phi) is 6.29. The predicted octanol–water partition coefficient (Wildman–Crippen LogP) is 0.322. The first kappa shape index (κ1) is 14.5. The fraction of sp³-hybridized carbons (Fsp3) is 0.455. The van der Waals surface area contributed by atoms with Crippen LogP contribution in [0.3, 0.4) is 0 Å². The number of rotatable bonds is 5. The molecule has 0 fully saturated rings. The monoisotopic (exact) mass is 228 g/mol. The highest BCUT2D eigenvalue weighted by atomic mass is 16.6. The lowest BCUT2D eigenvalue weighted by atomic mass is 10.2. The van der Waals surface area contributed by atoms with E-state index in [1.54, 1.807) is 0 Å². The molecule has 0 amide bonds. The normalized spacial score (nSPS) is 13.1. The molecule has 0 aromatic rings. The molecular weight excluding hydrogens is 212 g/mol. The maximum Gasteiger partial charge on any atom is 0.341 e. The van der Waals surface area contributed by atoms with E-state index in [1.165, 1.54) is 19.9 Å². The lowest BCUT2D eigenvalue weighted by molar-refractivity contribution is -0.154. The molecule has 0 saturated heterocycles. The van der Waals surface area contributed by atoms with Crippen molar-refractivity contribution in [3.8, 4) is 0 Å². The molecular formula is C11H16O5. The molecule has 0 aliphatic rings. The standard InChI is InChI=1S/C11H16O5/c1-7(2)10(14)16-11(15)8(3)6-9(13)4-5-12/h6,9,12-13H,1,4-5H2,2-3H3. The number of carbonyl (C=O) groups is 2. The molecule has 0 rings (SSSR count). The highest BCUT2D eigenvalue weighted by molar-refractivity contribution is 6.01. The van der Waals surface area contributed by atoms with E-state index in [2.05, 4.69) is 11.3 Å². The zero-order valence-corrected chi connectivity index (χ0v) is 9.40. The molecule has 1 unspecified atom stereocenters. The molecule has 2 N–H and O–H groups in total. The van der Waals surface area contributed by atoms with Crippen molar-refractivity contribution in [2.45, 2.75) is 26.4 Å². The predicted molar refractivity (Wildman–Crippen MR) is 57.4 cm³/mol. The minimum Gasteiger partial charge on any atom is -0.396 e. The second-order valence-corrected chi connectivity index (χ2v) is 3.39.